The van der Waals surface area contributed by atoms with Crippen LogP contribution in [0.15, 0.2) is 54.6 Å². The first-order valence-electron chi connectivity index (χ1n) is 7.90. The molecule has 0 aliphatic rings. The summed E-state index contributed by atoms with van der Waals surface area (Å²) in [5.41, 5.74) is 7.17. The Hall–Kier alpha value is -2.37. The molecule has 0 spiro atoms. The third-order valence-corrected chi connectivity index (χ3v) is 3.29. The average molecular weight is 331 g/mol. The Kier molecular flexibility index (Phi) is 8.54. The summed E-state index contributed by atoms with van der Waals surface area (Å²) in [6.45, 7) is 4.13. The Labute approximate surface area is 143 Å². The van der Waals surface area contributed by atoms with E-state index in [0.29, 0.717) is 11.3 Å². The maximum Gasteiger partial charge on any atom is 0.326 e. The number of ether oxygens (including phenoxy) is 2. The Morgan fingerprint density at radius 2 is 1.67 bits per heavy atom. The molecule has 0 aliphatic carbocycles. The molecule has 0 heterocycles. The topological polar surface area (TPSA) is 81.8 Å². The second-order valence-electron chi connectivity index (χ2n) is 4.84. The van der Waals surface area contributed by atoms with Gasteiger partial charge in [-0.25, -0.2) is 0 Å². The van der Waals surface area contributed by atoms with Crippen LogP contribution in [-0.2, 0) is 16.1 Å². The quantitative estimate of drug-likeness (QED) is 0.796. The van der Waals surface area contributed by atoms with E-state index >= 15 is 0 Å². The maximum absolute atomic E-state index is 11.9. The third-order valence-electron chi connectivity index (χ3n) is 3.29. The van der Waals surface area contributed by atoms with Crippen molar-refractivity contribution in [3.8, 4) is 5.75 Å². The molecule has 0 saturated heterocycles. The number of hydrogen-bond acceptors (Lipinski definition) is 5. The van der Waals surface area contributed by atoms with Gasteiger partial charge in [-0.1, -0.05) is 56.3 Å². The summed E-state index contributed by atoms with van der Waals surface area (Å²) in [5, 5.41) is 10.2. The van der Waals surface area contributed by atoms with Crippen LogP contribution in [0, 0.1) is 0 Å². The summed E-state index contributed by atoms with van der Waals surface area (Å²) in [6.07, 6.45) is -1.13. The maximum atomic E-state index is 11.9. The minimum absolute atomic E-state index is 0.128. The molecule has 3 N–H and O–H groups in total. The van der Waals surface area contributed by atoms with Gasteiger partial charge in [-0.2, -0.15) is 0 Å². The number of rotatable bonds is 6. The van der Waals surface area contributed by atoms with Gasteiger partial charge in [0.15, 0.2) is 0 Å². The molecule has 24 heavy (non-hydrogen) atoms. The highest BCUT2D eigenvalue weighted by molar-refractivity contribution is 5.76. The monoisotopic (exact) mass is 331 g/mol. The van der Waals surface area contributed by atoms with E-state index in [4.69, 9.17) is 15.2 Å². The Morgan fingerprint density at radius 3 is 2.21 bits per heavy atom. The van der Waals surface area contributed by atoms with Crippen LogP contribution in [0.5, 0.6) is 5.75 Å². The molecule has 0 bridgehead atoms. The van der Waals surface area contributed by atoms with E-state index in [0.717, 1.165) is 5.56 Å². The van der Waals surface area contributed by atoms with Crippen LogP contribution in [0.4, 0.5) is 0 Å². The van der Waals surface area contributed by atoms with E-state index < -0.39 is 18.1 Å². The van der Waals surface area contributed by atoms with Gasteiger partial charge in [-0.3, -0.25) is 4.79 Å². The Morgan fingerprint density at radius 1 is 1.08 bits per heavy atom. The second-order valence-corrected chi connectivity index (χ2v) is 4.84. The molecule has 2 atom stereocenters. The smallest absolute Gasteiger partial charge is 0.326 e. The molecular formula is C19H25NO4. The molecule has 0 aromatic heterocycles. The van der Waals surface area contributed by atoms with Gasteiger partial charge in [0.1, 0.15) is 24.5 Å². The summed E-state index contributed by atoms with van der Waals surface area (Å²) in [7, 11) is 1.55. The molecule has 0 aliphatic heterocycles. The number of benzene rings is 2. The Balaban J connectivity index is 0.00000139. The van der Waals surface area contributed by atoms with Gasteiger partial charge < -0.3 is 20.3 Å². The van der Waals surface area contributed by atoms with Crippen molar-refractivity contribution in [2.45, 2.75) is 32.6 Å². The van der Waals surface area contributed by atoms with Crippen molar-refractivity contribution in [3.05, 3.63) is 65.7 Å². The van der Waals surface area contributed by atoms with Gasteiger partial charge >= 0.3 is 5.97 Å². The summed E-state index contributed by atoms with van der Waals surface area (Å²) < 4.78 is 10.2. The van der Waals surface area contributed by atoms with Gasteiger partial charge in [0.2, 0.25) is 0 Å². The molecule has 0 radical (unpaired) electrons. The van der Waals surface area contributed by atoms with Gasteiger partial charge in [-0.15, -0.1) is 0 Å². The van der Waals surface area contributed by atoms with E-state index in [1.54, 1.807) is 31.4 Å². The molecule has 0 amide bonds. The van der Waals surface area contributed by atoms with Crippen LogP contribution in [0.1, 0.15) is 31.1 Å². The predicted octanol–water partition coefficient (Wildman–Crippen LogP) is 2.83. The molecule has 0 saturated carbocycles. The molecular weight excluding hydrogens is 306 g/mol. The minimum atomic E-state index is -1.14. The highest BCUT2D eigenvalue weighted by atomic mass is 16.5. The SMILES string of the molecule is CC.COc1ccc(C(O)C(N)C(=O)OCc2ccccc2)cc1. The molecule has 2 aromatic rings. The van der Waals surface area contributed by atoms with E-state index in [9.17, 15) is 9.90 Å². The lowest BCUT2D eigenvalue weighted by Gasteiger charge is -2.18. The summed E-state index contributed by atoms with van der Waals surface area (Å²) in [5.74, 6) is 0.0170. The van der Waals surface area contributed by atoms with Crippen LogP contribution >= 0.6 is 0 Å². The summed E-state index contributed by atoms with van der Waals surface area (Å²) in [6, 6.07) is 14.9. The van der Waals surface area contributed by atoms with Crippen LogP contribution < -0.4 is 10.5 Å². The number of hydrogen-bond donors (Lipinski definition) is 2. The lowest BCUT2D eigenvalue weighted by Crippen LogP contribution is -2.38. The van der Waals surface area contributed by atoms with Crippen LogP contribution in [0.2, 0.25) is 0 Å². The first-order valence-corrected chi connectivity index (χ1v) is 7.90. The number of carbonyl (C=O) groups is 1. The summed E-state index contributed by atoms with van der Waals surface area (Å²) in [4.78, 5) is 11.9. The first-order chi connectivity index (χ1) is 11.6. The molecule has 2 rings (SSSR count). The zero-order valence-electron chi connectivity index (χ0n) is 14.3. The van der Waals surface area contributed by atoms with Gasteiger partial charge in [0.05, 0.1) is 7.11 Å². The summed E-state index contributed by atoms with van der Waals surface area (Å²) >= 11 is 0. The zero-order chi connectivity index (χ0) is 17.9. The minimum Gasteiger partial charge on any atom is -0.497 e. The largest absolute Gasteiger partial charge is 0.497 e. The van der Waals surface area contributed by atoms with Gasteiger partial charge in [0, 0.05) is 0 Å². The second kappa shape index (κ2) is 10.4. The standard InChI is InChI=1S/C17H19NO4.C2H6/c1-21-14-9-7-13(8-10-14)16(19)15(18)17(20)22-11-12-5-3-2-4-6-12;1-2/h2-10,15-16,19H,11,18H2,1H3;1-2H3. The Bertz CT molecular complexity index is 599. The normalized spacial score (nSPS) is 12.4. The third kappa shape index (κ3) is 5.68. The number of aliphatic hydroxyl groups is 1. The molecule has 0 fully saturated rings. The van der Waals surface area contributed by atoms with Crippen molar-refractivity contribution >= 4 is 5.97 Å². The predicted molar refractivity (Wildman–Crippen MR) is 93.5 cm³/mol. The number of carbonyl (C=O) groups excluding carboxylic acids is 1. The van der Waals surface area contributed by atoms with Crippen molar-refractivity contribution < 1.29 is 19.4 Å². The molecule has 2 unspecified atom stereocenters. The fourth-order valence-electron chi connectivity index (χ4n) is 1.96. The van der Waals surface area contributed by atoms with Crippen molar-refractivity contribution in [3.63, 3.8) is 0 Å². The zero-order valence-corrected chi connectivity index (χ0v) is 14.3. The van der Waals surface area contributed by atoms with Crippen molar-refractivity contribution in [1.82, 2.24) is 0 Å². The van der Waals surface area contributed by atoms with Crippen molar-refractivity contribution in [1.29, 1.82) is 0 Å². The van der Waals surface area contributed by atoms with E-state index in [1.807, 2.05) is 44.2 Å². The lowest BCUT2D eigenvalue weighted by molar-refractivity contribution is -0.149. The van der Waals surface area contributed by atoms with Crippen molar-refractivity contribution in [2.24, 2.45) is 5.73 Å². The van der Waals surface area contributed by atoms with Gasteiger partial charge in [-0.05, 0) is 23.3 Å². The van der Waals surface area contributed by atoms with Crippen molar-refractivity contribution in [2.75, 3.05) is 7.11 Å². The van der Waals surface area contributed by atoms with Crippen LogP contribution in [0.3, 0.4) is 0 Å². The molecule has 5 heteroatoms. The average Bonchev–Trinajstić information content (AvgIpc) is 2.67. The van der Waals surface area contributed by atoms with E-state index in [1.165, 1.54) is 0 Å². The number of nitrogens with two attached hydrogens (primary N) is 1. The lowest BCUT2D eigenvalue weighted by atomic mass is 10.0. The highest BCUT2D eigenvalue weighted by Gasteiger charge is 2.25. The highest BCUT2D eigenvalue weighted by Crippen LogP contribution is 2.20. The molecule has 5 nitrogen and oxygen atoms in total. The van der Waals surface area contributed by atoms with Gasteiger partial charge in [0.25, 0.3) is 0 Å². The molecule has 130 valence electrons. The van der Waals surface area contributed by atoms with Crippen LogP contribution in [0.25, 0.3) is 0 Å². The molecule has 2 aromatic carbocycles. The number of aliphatic hydroxyl groups excluding tert-OH is 1. The van der Waals surface area contributed by atoms with E-state index in [-0.39, 0.29) is 6.61 Å². The number of esters is 1. The first kappa shape index (κ1) is 19.7. The number of methoxy groups -OCH3 is 1. The fraction of sp³-hybridized carbons (Fsp3) is 0.316. The van der Waals surface area contributed by atoms with Crippen LogP contribution in [-0.4, -0.2) is 24.2 Å². The van der Waals surface area contributed by atoms with E-state index in [2.05, 4.69) is 0 Å². The fourth-order valence-corrected chi connectivity index (χ4v) is 1.96.